The highest BCUT2D eigenvalue weighted by molar-refractivity contribution is 5.95. The van der Waals surface area contributed by atoms with E-state index in [4.69, 9.17) is 4.74 Å². The number of aryl methyl sites for hydroxylation is 1. The molecule has 0 atom stereocenters. The minimum absolute atomic E-state index is 0.0483. The predicted molar refractivity (Wildman–Crippen MR) is 98.3 cm³/mol. The Balaban J connectivity index is 2.04. The van der Waals surface area contributed by atoms with Crippen molar-refractivity contribution in [1.82, 2.24) is 10.2 Å². The second kappa shape index (κ2) is 8.36. The van der Waals surface area contributed by atoms with E-state index in [0.717, 1.165) is 29.2 Å². The lowest BCUT2D eigenvalue weighted by atomic mass is 10.1. The molecule has 0 saturated heterocycles. The summed E-state index contributed by atoms with van der Waals surface area (Å²) in [4.78, 5) is 14.2. The largest absolute Gasteiger partial charge is 0.497 e. The van der Waals surface area contributed by atoms with Crippen molar-refractivity contribution < 1.29 is 9.53 Å². The van der Waals surface area contributed by atoms with Crippen LogP contribution in [0, 0.1) is 6.92 Å². The Hall–Kier alpha value is -2.53. The fourth-order valence-corrected chi connectivity index (χ4v) is 2.30. The monoisotopic (exact) mass is 327 g/mol. The maximum Gasteiger partial charge on any atom is 0.251 e. The molecule has 5 nitrogen and oxygen atoms in total. The lowest BCUT2D eigenvalue weighted by molar-refractivity contribution is 0.0951. The van der Waals surface area contributed by atoms with Gasteiger partial charge in [-0.05, 0) is 56.9 Å². The molecule has 5 heteroatoms. The molecule has 0 heterocycles. The molecule has 0 fully saturated rings. The number of methoxy groups -OCH3 is 1. The van der Waals surface area contributed by atoms with Gasteiger partial charge in [-0.25, -0.2) is 0 Å². The fraction of sp³-hybridized carbons (Fsp3) is 0.316. The molecule has 2 rings (SSSR count). The van der Waals surface area contributed by atoms with E-state index in [0.29, 0.717) is 12.1 Å². The Morgan fingerprint density at radius 3 is 2.62 bits per heavy atom. The van der Waals surface area contributed by atoms with Gasteiger partial charge in [0.1, 0.15) is 5.75 Å². The molecule has 24 heavy (non-hydrogen) atoms. The van der Waals surface area contributed by atoms with Crippen LogP contribution in [0.25, 0.3) is 0 Å². The van der Waals surface area contributed by atoms with Gasteiger partial charge in [-0.1, -0.05) is 6.07 Å². The van der Waals surface area contributed by atoms with Crippen LogP contribution >= 0.6 is 0 Å². The Labute approximate surface area is 143 Å². The van der Waals surface area contributed by atoms with Crippen LogP contribution in [0.15, 0.2) is 42.5 Å². The van der Waals surface area contributed by atoms with Gasteiger partial charge >= 0.3 is 0 Å². The van der Waals surface area contributed by atoms with Crippen LogP contribution < -0.4 is 15.4 Å². The molecule has 0 aliphatic rings. The van der Waals surface area contributed by atoms with Crippen molar-refractivity contribution >= 4 is 17.3 Å². The van der Waals surface area contributed by atoms with E-state index in [9.17, 15) is 4.79 Å². The van der Waals surface area contributed by atoms with Gasteiger partial charge in [-0.2, -0.15) is 0 Å². The lowest BCUT2D eigenvalue weighted by Crippen LogP contribution is -2.31. The molecule has 2 aromatic carbocycles. The minimum Gasteiger partial charge on any atom is -0.497 e. The van der Waals surface area contributed by atoms with Crippen LogP contribution in [0.2, 0.25) is 0 Å². The number of likely N-dealkylation sites (N-methyl/N-ethyl adjacent to an activating group) is 1. The van der Waals surface area contributed by atoms with Gasteiger partial charge in [0.15, 0.2) is 0 Å². The van der Waals surface area contributed by atoms with E-state index in [1.807, 2.05) is 68.4 Å². The first-order chi connectivity index (χ1) is 11.5. The van der Waals surface area contributed by atoms with Crippen molar-refractivity contribution in [3.05, 3.63) is 53.6 Å². The van der Waals surface area contributed by atoms with Crippen LogP contribution in [0.3, 0.4) is 0 Å². The van der Waals surface area contributed by atoms with Crippen molar-refractivity contribution in [3.8, 4) is 5.75 Å². The summed E-state index contributed by atoms with van der Waals surface area (Å²) in [6.07, 6.45) is 0. The molecule has 0 radical (unpaired) electrons. The molecule has 0 aliphatic carbocycles. The molecule has 0 spiro atoms. The summed E-state index contributed by atoms with van der Waals surface area (Å²) in [5, 5.41) is 6.28. The molecule has 1 amide bonds. The standard InChI is InChI=1S/C19H25N3O2/c1-14-12-15(19(23)20-10-11-22(2)3)8-9-18(14)21-16-6-5-7-17(13-16)24-4/h5-9,12-13,21H,10-11H2,1-4H3,(H,20,23). The van der Waals surface area contributed by atoms with E-state index >= 15 is 0 Å². The first-order valence-electron chi connectivity index (χ1n) is 7.94. The van der Waals surface area contributed by atoms with Gasteiger partial charge in [0.2, 0.25) is 0 Å². The number of rotatable bonds is 7. The van der Waals surface area contributed by atoms with Crippen LogP contribution in [0.4, 0.5) is 11.4 Å². The van der Waals surface area contributed by atoms with Gasteiger partial charge in [0, 0.05) is 36.1 Å². The highest BCUT2D eigenvalue weighted by Crippen LogP contribution is 2.24. The molecule has 0 aromatic heterocycles. The zero-order chi connectivity index (χ0) is 17.5. The number of hydrogen-bond acceptors (Lipinski definition) is 4. The van der Waals surface area contributed by atoms with Gasteiger partial charge in [-0.3, -0.25) is 4.79 Å². The molecule has 2 N–H and O–H groups in total. The number of hydrogen-bond donors (Lipinski definition) is 2. The first kappa shape index (κ1) is 17.8. The summed E-state index contributed by atoms with van der Waals surface area (Å²) in [7, 11) is 5.61. The number of carbonyl (C=O) groups is 1. The van der Waals surface area contributed by atoms with Gasteiger partial charge in [0.25, 0.3) is 5.91 Å². The van der Waals surface area contributed by atoms with Crippen molar-refractivity contribution in [3.63, 3.8) is 0 Å². The molecule has 128 valence electrons. The Kier molecular flexibility index (Phi) is 6.21. The van der Waals surface area contributed by atoms with E-state index in [1.54, 1.807) is 7.11 Å². The van der Waals surface area contributed by atoms with E-state index < -0.39 is 0 Å². The minimum atomic E-state index is -0.0483. The first-order valence-corrected chi connectivity index (χ1v) is 7.94. The van der Waals surface area contributed by atoms with Crippen LogP contribution in [0.1, 0.15) is 15.9 Å². The van der Waals surface area contributed by atoms with E-state index in [-0.39, 0.29) is 5.91 Å². The highest BCUT2D eigenvalue weighted by atomic mass is 16.5. The summed E-state index contributed by atoms with van der Waals surface area (Å²) in [5.41, 5.74) is 3.59. The second-order valence-corrected chi connectivity index (χ2v) is 5.95. The van der Waals surface area contributed by atoms with Crippen LogP contribution in [-0.2, 0) is 0 Å². The van der Waals surface area contributed by atoms with Crippen molar-refractivity contribution in [1.29, 1.82) is 0 Å². The Bertz CT molecular complexity index is 699. The lowest BCUT2D eigenvalue weighted by Gasteiger charge is -2.13. The SMILES string of the molecule is COc1cccc(Nc2ccc(C(=O)NCCN(C)C)cc2C)c1. The fourth-order valence-electron chi connectivity index (χ4n) is 2.30. The number of ether oxygens (including phenoxy) is 1. The second-order valence-electron chi connectivity index (χ2n) is 5.95. The third kappa shape index (κ3) is 4.99. The number of amides is 1. The molecule has 0 saturated carbocycles. The topological polar surface area (TPSA) is 53.6 Å². The summed E-state index contributed by atoms with van der Waals surface area (Å²) in [6, 6.07) is 13.4. The van der Waals surface area contributed by atoms with Crippen LogP contribution in [0.5, 0.6) is 5.75 Å². The number of benzene rings is 2. The molecule has 2 aromatic rings. The molecule has 0 bridgehead atoms. The summed E-state index contributed by atoms with van der Waals surface area (Å²) in [6.45, 7) is 3.44. The summed E-state index contributed by atoms with van der Waals surface area (Å²) < 4.78 is 5.23. The Morgan fingerprint density at radius 1 is 1.17 bits per heavy atom. The average molecular weight is 327 g/mol. The Morgan fingerprint density at radius 2 is 1.96 bits per heavy atom. The smallest absolute Gasteiger partial charge is 0.251 e. The zero-order valence-electron chi connectivity index (χ0n) is 14.7. The maximum absolute atomic E-state index is 12.2. The number of nitrogens with zero attached hydrogens (tertiary/aromatic N) is 1. The molecular weight excluding hydrogens is 302 g/mol. The average Bonchev–Trinajstić information content (AvgIpc) is 2.56. The number of carbonyl (C=O) groups excluding carboxylic acids is 1. The third-order valence-electron chi connectivity index (χ3n) is 3.68. The number of anilines is 2. The zero-order valence-corrected chi connectivity index (χ0v) is 14.7. The third-order valence-corrected chi connectivity index (χ3v) is 3.68. The maximum atomic E-state index is 12.2. The molecule has 0 unspecified atom stereocenters. The van der Waals surface area contributed by atoms with Gasteiger partial charge < -0.3 is 20.3 Å². The van der Waals surface area contributed by atoms with Crippen LogP contribution in [-0.4, -0.2) is 45.1 Å². The van der Waals surface area contributed by atoms with Gasteiger partial charge in [-0.15, -0.1) is 0 Å². The summed E-state index contributed by atoms with van der Waals surface area (Å²) >= 11 is 0. The van der Waals surface area contributed by atoms with E-state index in [2.05, 4.69) is 10.6 Å². The highest BCUT2D eigenvalue weighted by Gasteiger charge is 2.08. The normalized spacial score (nSPS) is 10.5. The summed E-state index contributed by atoms with van der Waals surface area (Å²) in [5.74, 6) is 0.752. The quantitative estimate of drug-likeness (QED) is 0.821. The predicted octanol–water partition coefficient (Wildman–Crippen LogP) is 3.04. The van der Waals surface area contributed by atoms with Gasteiger partial charge in [0.05, 0.1) is 7.11 Å². The van der Waals surface area contributed by atoms with E-state index in [1.165, 1.54) is 0 Å². The van der Waals surface area contributed by atoms with Crippen molar-refractivity contribution in [2.45, 2.75) is 6.92 Å². The number of nitrogens with one attached hydrogen (secondary N) is 2. The van der Waals surface area contributed by atoms with Crippen molar-refractivity contribution in [2.75, 3.05) is 39.6 Å². The van der Waals surface area contributed by atoms with Crippen molar-refractivity contribution in [2.24, 2.45) is 0 Å². The molecule has 0 aliphatic heterocycles. The molecular formula is C19H25N3O2.